The number of hydrogen-bond acceptors (Lipinski definition) is 3. The van der Waals surface area contributed by atoms with E-state index in [0.717, 1.165) is 25.7 Å². The normalized spacial score (nSPS) is 20.4. The van der Waals surface area contributed by atoms with Crippen molar-refractivity contribution in [1.82, 2.24) is 4.90 Å². The van der Waals surface area contributed by atoms with Gasteiger partial charge >= 0.3 is 0 Å². The fourth-order valence-electron chi connectivity index (χ4n) is 2.23. The number of rotatable bonds is 4. The number of ketones is 1. The van der Waals surface area contributed by atoms with E-state index in [1.54, 1.807) is 0 Å². The second kappa shape index (κ2) is 4.84. The maximum atomic E-state index is 11.8. The lowest BCUT2D eigenvalue weighted by Crippen LogP contribution is -2.43. The molecule has 0 spiro atoms. The lowest BCUT2D eigenvalue weighted by atomic mass is 9.90. The molecule has 0 aromatic rings. The highest BCUT2D eigenvalue weighted by Crippen LogP contribution is 2.30. The van der Waals surface area contributed by atoms with E-state index in [4.69, 9.17) is 0 Å². The van der Waals surface area contributed by atoms with Crippen molar-refractivity contribution < 1.29 is 9.90 Å². The van der Waals surface area contributed by atoms with E-state index in [2.05, 4.69) is 0 Å². The van der Waals surface area contributed by atoms with Gasteiger partial charge in [0.2, 0.25) is 0 Å². The Balaban J connectivity index is 2.41. The number of hydrogen-bond donors (Lipinski definition) is 1. The molecule has 3 nitrogen and oxygen atoms in total. The fourth-order valence-corrected chi connectivity index (χ4v) is 2.23. The molecule has 0 atom stereocenters. The van der Waals surface area contributed by atoms with E-state index in [0.29, 0.717) is 13.1 Å². The van der Waals surface area contributed by atoms with Crippen LogP contribution >= 0.6 is 0 Å². The molecule has 0 aromatic carbocycles. The van der Waals surface area contributed by atoms with Crippen molar-refractivity contribution in [1.29, 1.82) is 0 Å². The number of likely N-dealkylation sites (N-methyl/N-ethyl adjacent to an activating group) is 1. The molecule has 3 heteroatoms. The smallest absolute Gasteiger partial charge is 0.152 e. The van der Waals surface area contributed by atoms with Gasteiger partial charge in [-0.25, -0.2) is 0 Å². The van der Waals surface area contributed by atoms with Gasteiger partial charge in [0, 0.05) is 12.0 Å². The van der Waals surface area contributed by atoms with Crippen LogP contribution in [0.15, 0.2) is 0 Å². The summed E-state index contributed by atoms with van der Waals surface area (Å²) < 4.78 is 0. The van der Waals surface area contributed by atoms with Crippen LogP contribution in [0.1, 0.15) is 46.5 Å². The SMILES string of the molecule is CN(CC(=O)C(C)(C)C)CC1(O)CCCC1. The summed E-state index contributed by atoms with van der Waals surface area (Å²) in [7, 11) is 1.92. The number of carbonyl (C=O) groups excluding carboxylic acids is 1. The molecule has 0 radical (unpaired) electrons. The summed E-state index contributed by atoms with van der Waals surface area (Å²) in [6, 6.07) is 0. The Labute approximate surface area is 98.8 Å². The number of nitrogens with zero attached hydrogens (tertiary/aromatic N) is 1. The van der Waals surface area contributed by atoms with Crippen LogP contribution in [0, 0.1) is 5.41 Å². The summed E-state index contributed by atoms with van der Waals surface area (Å²) in [5, 5.41) is 10.2. The van der Waals surface area contributed by atoms with Crippen molar-refractivity contribution >= 4 is 5.78 Å². The van der Waals surface area contributed by atoms with Crippen molar-refractivity contribution in [2.24, 2.45) is 5.41 Å². The minimum Gasteiger partial charge on any atom is -0.389 e. The molecule has 1 fully saturated rings. The van der Waals surface area contributed by atoms with Gasteiger partial charge in [-0.15, -0.1) is 0 Å². The monoisotopic (exact) mass is 227 g/mol. The minimum atomic E-state index is -0.549. The van der Waals surface area contributed by atoms with Gasteiger partial charge in [-0.3, -0.25) is 9.69 Å². The van der Waals surface area contributed by atoms with Crippen molar-refractivity contribution in [2.75, 3.05) is 20.1 Å². The third kappa shape index (κ3) is 3.87. The summed E-state index contributed by atoms with van der Waals surface area (Å²) >= 11 is 0. The maximum Gasteiger partial charge on any atom is 0.152 e. The highest BCUT2D eigenvalue weighted by Gasteiger charge is 2.33. The molecule has 0 aromatic heterocycles. The summed E-state index contributed by atoms with van der Waals surface area (Å²) in [6.07, 6.45) is 3.97. The molecule has 0 amide bonds. The minimum absolute atomic E-state index is 0.233. The van der Waals surface area contributed by atoms with Gasteiger partial charge in [0.1, 0.15) is 0 Å². The van der Waals surface area contributed by atoms with Crippen molar-refractivity contribution in [3.8, 4) is 0 Å². The molecular formula is C13H25NO2. The zero-order valence-electron chi connectivity index (χ0n) is 11.0. The number of aliphatic hydroxyl groups is 1. The van der Waals surface area contributed by atoms with Crippen LogP contribution in [0.5, 0.6) is 0 Å². The third-order valence-corrected chi connectivity index (χ3v) is 3.35. The van der Waals surface area contributed by atoms with E-state index >= 15 is 0 Å². The van der Waals surface area contributed by atoms with Gasteiger partial charge in [-0.1, -0.05) is 33.6 Å². The quantitative estimate of drug-likeness (QED) is 0.796. The Kier molecular flexibility index (Phi) is 4.13. The lowest BCUT2D eigenvalue weighted by molar-refractivity contribution is -0.127. The fraction of sp³-hybridized carbons (Fsp3) is 0.923. The molecule has 0 heterocycles. The predicted octanol–water partition coefficient (Wildman–Crippen LogP) is 1.84. The van der Waals surface area contributed by atoms with Crippen LogP contribution in [0.3, 0.4) is 0 Å². The van der Waals surface area contributed by atoms with Crippen molar-refractivity contribution in [2.45, 2.75) is 52.1 Å². The molecular weight excluding hydrogens is 202 g/mol. The summed E-state index contributed by atoms with van der Waals surface area (Å²) in [5.74, 6) is 0.233. The van der Waals surface area contributed by atoms with Gasteiger partial charge in [0.05, 0.1) is 12.1 Å². The lowest BCUT2D eigenvalue weighted by Gasteiger charge is -2.29. The van der Waals surface area contributed by atoms with Crippen molar-refractivity contribution in [3.63, 3.8) is 0 Å². The molecule has 1 rings (SSSR count). The standard InChI is InChI=1S/C13H25NO2/c1-12(2,3)11(15)9-14(4)10-13(16)7-5-6-8-13/h16H,5-10H2,1-4H3. The molecule has 0 bridgehead atoms. The van der Waals surface area contributed by atoms with Gasteiger partial charge in [-0.05, 0) is 19.9 Å². The first-order chi connectivity index (χ1) is 7.23. The molecule has 0 unspecified atom stereocenters. The van der Waals surface area contributed by atoms with Crippen LogP contribution in [-0.4, -0.2) is 41.5 Å². The molecule has 0 saturated heterocycles. The van der Waals surface area contributed by atoms with E-state index in [9.17, 15) is 9.90 Å². The Hall–Kier alpha value is -0.410. The number of Topliss-reactive ketones (excluding diaryl/α,β-unsaturated/α-hetero) is 1. The van der Waals surface area contributed by atoms with E-state index < -0.39 is 5.60 Å². The topological polar surface area (TPSA) is 40.5 Å². The van der Waals surface area contributed by atoms with Gasteiger partial charge in [0.15, 0.2) is 5.78 Å². The summed E-state index contributed by atoms with van der Waals surface area (Å²) in [4.78, 5) is 13.8. The molecule has 1 aliphatic rings. The molecule has 1 aliphatic carbocycles. The van der Waals surface area contributed by atoms with E-state index in [-0.39, 0.29) is 11.2 Å². The number of carbonyl (C=O) groups is 1. The molecule has 1 N–H and O–H groups in total. The van der Waals surface area contributed by atoms with Crippen LogP contribution in [-0.2, 0) is 4.79 Å². The first-order valence-electron chi connectivity index (χ1n) is 6.17. The van der Waals surface area contributed by atoms with Crippen LogP contribution in [0.4, 0.5) is 0 Å². The summed E-state index contributed by atoms with van der Waals surface area (Å²) in [6.45, 7) is 6.87. The molecule has 1 saturated carbocycles. The second-order valence-corrected chi connectivity index (χ2v) is 6.28. The summed E-state index contributed by atoms with van der Waals surface area (Å²) in [5.41, 5.74) is -0.834. The van der Waals surface area contributed by atoms with Gasteiger partial charge in [0.25, 0.3) is 0 Å². The maximum absolute atomic E-state index is 11.8. The largest absolute Gasteiger partial charge is 0.389 e. The highest BCUT2D eigenvalue weighted by atomic mass is 16.3. The zero-order valence-corrected chi connectivity index (χ0v) is 11.0. The third-order valence-electron chi connectivity index (χ3n) is 3.35. The van der Waals surface area contributed by atoms with Gasteiger partial charge in [-0.2, -0.15) is 0 Å². The van der Waals surface area contributed by atoms with Crippen LogP contribution in [0.2, 0.25) is 0 Å². The molecule has 0 aliphatic heterocycles. The molecule has 94 valence electrons. The Morgan fingerprint density at radius 3 is 2.25 bits per heavy atom. The Bertz CT molecular complexity index is 249. The van der Waals surface area contributed by atoms with Gasteiger partial charge < -0.3 is 5.11 Å². The van der Waals surface area contributed by atoms with E-state index in [1.165, 1.54) is 0 Å². The Morgan fingerprint density at radius 1 is 1.31 bits per heavy atom. The van der Waals surface area contributed by atoms with Crippen LogP contribution in [0.25, 0.3) is 0 Å². The Morgan fingerprint density at radius 2 is 1.81 bits per heavy atom. The second-order valence-electron chi connectivity index (χ2n) is 6.28. The van der Waals surface area contributed by atoms with E-state index in [1.807, 2.05) is 32.7 Å². The van der Waals surface area contributed by atoms with Crippen LogP contribution < -0.4 is 0 Å². The van der Waals surface area contributed by atoms with Crippen molar-refractivity contribution in [3.05, 3.63) is 0 Å². The average Bonchev–Trinajstić information content (AvgIpc) is 2.49. The predicted molar refractivity (Wildman–Crippen MR) is 65.4 cm³/mol. The average molecular weight is 227 g/mol. The first kappa shape index (κ1) is 13.7. The highest BCUT2D eigenvalue weighted by molar-refractivity contribution is 5.85. The zero-order chi connectivity index (χ0) is 12.4. The first-order valence-corrected chi connectivity index (χ1v) is 6.17. The molecule has 16 heavy (non-hydrogen) atoms.